The second-order valence-corrected chi connectivity index (χ2v) is 7.40. The highest BCUT2D eigenvalue weighted by Gasteiger charge is 2.48. The Morgan fingerprint density at radius 3 is 2.31 bits per heavy atom. The van der Waals surface area contributed by atoms with Crippen molar-refractivity contribution >= 4 is 17.7 Å². The Balaban J connectivity index is 1.64. The van der Waals surface area contributed by atoms with Gasteiger partial charge in [0.05, 0.1) is 25.6 Å². The number of nitrogen functional groups attached to an aromatic ring is 1. The summed E-state index contributed by atoms with van der Waals surface area (Å²) in [6.45, 7) is 2.56. The minimum atomic E-state index is -0.842. The number of nitrogens with two attached hydrogens (primary N) is 1. The zero-order valence-corrected chi connectivity index (χ0v) is 16.5. The molecule has 2 aromatic rings. The molecule has 0 spiro atoms. The molecule has 152 valence electrons. The van der Waals surface area contributed by atoms with Gasteiger partial charge < -0.3 is 20.5 Å². The predicted octanol–water partition coefficient (Wildman–Crippen LogP) is 2.33. The smallest absolute Gasteiger partial charge is 0.306 e. The van der Waals surface area contributed by atoms with E-state index in [1.165, 1.54) is 7.11 Å². The van der Waals surface area contributed by atoms with Crippen molar-refractivity contribution in [2.75, 3.05) is 20.3 Å². The molecule has 1 heterocycles. The first-order valence-electron chi connectivity index (χ1n) is 9.36. The van der Waals surface area contributed by atoms with Crippen LogP contribution in [0.3, 0.4) is 0 Å². The van der Waals surface area contributed by atoms with E-state index >= 15 is 0 Å². The molecule has 2 atom stereocenters. The first-order chi connectivity index (χ1) is 13.8. The molecule has 1 aliphatic rings. The average molecular weight is 395 g/mol. The van der Waals surface area contributed by atoms with Gasteiger partial charge in [-0.25, -0.2) is 0 Å². The summed E-state index contributed by atoms with van der Waals surface area (Å²) in [7, 11) is 1.32. The van der Waals surface area contributed by atoms with Gasteiger partial charge in [-0.3, -0.25) is 15.0 Å². The van der Waals surface area contributed by atoms with Crippen LogP contribution in [0.2, 0.25) is 0 Å². The van der Waals surface area contributed by atoms with E-state index in [9.17, 15) is 9.59 Å². The lowest BCUT2D eigenvalue weighted by Gasteiger charge is -2.27. The maximum atomic E-state index is 12.2. The molecule has 7 heteroatoms. The van der Waals surface area contributed by atoms with Gasteiger partial charge in [-0.1, -0.05) is 36.4 Å². The normalized spacial score (nSPS) is 20.8. The predicted molar refractivity (Wildman–Crippen MR) is 110 cm³/mol. The van der Waals surface area contributed by atoms with Crippen LogP contribution in [0.25, 0.3) is 11.1 Å². The van der Waals surface area contributed by atoms with Crippen LogP contribution in [0.1, 0.15) is 18.9 Å². The molecule has 0 radical (unpaired) electrons. The Labute approximate surface area is 169 Å². The van der Waals surface area contributed by atoms with Gasteiger partial charge in [0, 0.05) is 18.0 Å². The zero-order chi connectivity index (χ0) is 21.0. The molecule has 1 amide bonds. The van der Waals surface area contributed by atoms with E-state index in [4.69, 9.17) is 20.6 Å². The Morgan fingerprint density at radius 2 is 1.76 bits per heavy atom. The number of hydrogen-bond donors (Lipinski definition) is 3. The summed E-state index contributed by atoms with van der Waals surface area (Å²) in [6, 6.07) is 15.1. The summed E-state index contributed by atoms with van der Waals surface area (Å²) >= 11 is 0. The maximum absolute atomic E-state index is 12.2. The van der Waals surface area contributed by atoms with Gasteiger partial charge >= 0.3 is 5.97 Å². The molecular weight excluding hydrogens is 370 g/mol. The van der Waals surface area contributed by atoms with Crippen LogP contribution in [0, 0.1) is 16.7 Å². The van der Waals surface area contributed by atoms with Crippen LogP contribution in [0.15, 0.2) is 48.5 Å². The minimum Gasteiger partial charge on any atom is -0.493 e. The number of amides is 1. The first kappa shape index (κ1) is 20.4. The number of carbonyl (C=O) groups is 2. The Kier molecular flexibility index (Phi) is 5.87. The number of amidine groups is 1. The van der Waals surface area contributed by atoms with Crippen molar-refractivity contribution in [3.05, 3.63) is 54.1 Å². The van der Waals surface area contributed by atoms with Crippen LogP contribution >= 0.6 is 0 Å². The first-order valence-corrected chi connectivity index (χ1v) is 9.36. The molecule has 0 bridgehead atoms. The number of carbonyl (C=O) groups excluding carboxylic acids is 2. The van der Waals surface area contributed by atoms with Crippen molar-refractivity contribution in [2.24, 2.45) is 17.1 Å². The van der Waals surface area contributed by atoms with Gasteiger partial charge in [-0.2, -0.15) is 0 Å². The largest absolute Gasteiger partial charge is 0.493 e. The molecular formula is C22H25N3O4. The van der Waals surface area contributed by atoms with E-state index in [1.807, 2.05) is 48.5 Å². The molecule has 1 fully saturated rings. The lowest BCUT2D eigenvalue weighted by molar-refractivity contribution is -0.147. The molecule has 0 saturated carbocycles. The second kappa shape index (κ2) is 8.34. The molecule has 0 aliphatic carbocycles. The Morgan fingerprint density at radius 1 is 1.17 bits per heavy atom. The van der Waals surface area contributed by atoms with E-state index in [0.717, 1.165) is 11.1 Å². The summed E-state index contributed by atoms with van der Waals surface area (Å²) in [5.74, 6) is 0.0386. The molecule has 4 N–H and O–H groups in total. The highest BCUT2D eigenvalue weighted by molar-refractivity contribution is 5.95. The quantitative estimate of drug-likeness (QED) is 0.378. The van der Waals surface area contributed by atoms with Gasteiger partial charge in [0.25, 0.3) is 0 Å². The van der Waals surface area contributed by atoms with Crippen LogP contribution in [0.5, 0.6) is 5.75 Å². The van der Waals surface area contributed by atoms with Crippen molar-refractivity contribution < 1.29 is 19.1 Å². The second-order valence-electron chi connectivity index (χ2n) is 7.40. The molecule has 2 aromatic carbocycles. The SMILES string of the molecule is COC(=O)CC1(C)C(=O)NCC1COc1ccc(-c2ccc(C(=N)N)cc2)cc1. The summed E-state index contributed by atoms with van der Waals surface area (Å²) in [5.41, 5.74) is 7.35. The number of hydrogen-bond acceptors (Lipinski definition) is 5. The molecule has 0 aromatic heterocycles. The van der Waals surface area contributed by atoms with E-state index in [0.29, 0.717) is 24.5 Å². The van der Waals surface area contributed by atoms with Crippen LogP contribution in [0.4, 0.5) is 0 Å². The molecule has 3 rings (SSSR count). The lowest BCUT2D eigenvalue weighted by atomic mass is 9.77. The standard InChI is InChI=1S/C22H25N3O4/c1-22(11-19(26)28-2)17(12-25-21(22)27)13-29-18-9-7-15(8-10-18)14-3-5-16(6-4-14)20(23)24/h3-10,17H,11-13H2,1-2H3,(H3,23,24)(H,25,27). The lowest BCUT2D eigenvalue weighted by Crippen LogP contribution is -2.37. The van der Waals surface area contributed by atoms with Gasteiger partial charge in [-0.15, -0.1) is 0 Å². The van der Waals surface area contributed by atoms with Gasteiger partial charge in [0.1, 0.15) is 11.6 Å². The van der Waals surface area contributed by atoms with E-state index < -0.39 is 11.4 Å². The average Bonchev–Trinajstić information content (AvgIpc) is 3.00. The fourth-order valence-corrected chi connectivity index (χ4v) is 3.45. The number of ether oxygens (including phenoxy) is 2. The van der Waals surface area contributed by atoms with E-state index in [2.05, 4.69) is 5.32 Å². The number of benzene rings is 2. The highest BCUT2D eigenvalue weighted by atomic mass is 16.5. The number of nitrogens with one attached hydrogen (secondary N) is 2. The monoisotopic (exact) mass is 395 g/mol. The van der Waals surface area contributed by atoms with Crippen molar-refractivity contribution in [3.8, 4) is 16.9 Å². The highest BCUT2D eigenvalue weighted by Crippen LogP contribution is 2.36. The van der Waals surface area contributed by atoms with Gasteiger partial charge in [0.15, 0.2) is 0 Å². The molecule has 1 saturated heterocycles. The summed E-state index contributed by atoms with van der Waals surface area (Å²) in [4.78, 5) is 23.9. The molecule has 7 nitrogen and oxygen atoms in total. The van der Waals surface area contributed by atoms with Crippen molar-refractivity contribution in [1.29, 1.82) is 5.41 Å². The molecule has 29 heavy (non-hydrogen) atoms. The minimum absolute atomic E-state index is 0.0263. The van der Waals surface area contributed by atoms with Crippen LogP contribution in [-0.2, 0) is 14.3 Å². The summed E-state index contributed by atoms with van der Waals surface area (Å²) < 4.78 is 10.6. The molecule has 1 aliphatic heterocycles. The van der Waals surface area contributed by atoms with E-state index in [1.54, 1.807) is 6.92 Å². The topological polar surface area (TPSA) is 115 Å². The summed E-state index contributed by atoms with van der Waals surface area (Å²) in [6.07, 6.45) is 0.0263. The fraction of sp³-hybridized carbons (Fsp3) is 0.318. The number of methoxy groups -OCH3 is 1. The van der Waals surface area contributed by atoms with Crippen molar-refractivity contribution in [3.63, 3.8) is 0 Å². The third-order valence-corrected chi connectivity index (χ3v) is 5.50. The van der Waals surface area contributed by atoms with Gasteiger partial charge in [0.2, 0.25) is 5.91 Å². The Hall–Kier alpha value is -3.35. The van der Waals surface area contributed by atoms with Crippen molar-refractivity contribution in [1.82, 2.24) is 5.32 Å². The summed E-state index contributed by atoms with van der Waals surface area (Å²) in [5, 5.41) is 10.3. The van der Waals surface area contributed by atoms with E-state index in [-0.39, 0.29) is 24.1 Å². The Bertz CT molecular complexity index is 909. The maximum Gasteiger partial charge on any atom is 0.306 e. The van der Waals surface area contributed by atoms with Gasteiger partial charge in [-0.05, 0) is 30.2 Å². The fourth-order valence-electron chi connectivity index (χ4n) is 3.45. The van der Waals surface area contributed by atoms with Crippen molar-refractivity contribution in [2.45, 2.75) is 13.3 Å². The third kappa shape index (κ3) is 4.39. The van der Waals surface area contributed by atoms with Crippen LogP contribution in [-0.4, -0.2) is 38.0 Å². The zero-order valence-electron chi connectivity index (χ0n) is 16.5. The third-order valence-electron chi connectivity index (χ3n) is 5.50. The van der Waals surface area contributed by atoms with Crippen LogP contribution < -0.4 is 15.8 Å². The number of rotatable bonds is 7. The molecule has 2 unspecified atom stereocenters. The number of esters is 1.